The molecule has 1 rings (SSSR count). The van der Waals surface area contributed by atoms with E-state index in [4.69, 9.17) is 9.84 Å². The Labute approximate surface area is 115 Å². The monoisotopic (exact) mass is 271 g/mol. The Morgan fingerprint density at radius 3 is 2.21 bits per heavy atom. The van der Waals surface area contributed by atoms with E-state index in [1.54, 1.807) is 0 Å². The van der Waals surface area contributed by atoms with Gasteiger partial charge in [0.25, 0.3) is 0 Å². The van der Waals surface area contributed by atoms with Crippen LogP contribution in [0, 0.1) is 0 Å². The molecule has 1 aromatic heterocycles. The Morgan fingerprint density at radius 1 is 1.26 bits per heavy atom. The first-order chi connectivity index (χ1) is 9.22. The van der Waals surface area contributed by atoms with Crippen LogP contribution in [0.5, 0.6) is 5.75 Å². The lowest BCUT2D eigenvalue weighted by Gasteiger charge is -2.04. The minimum absolute atomic E-state index is 0.0881. The van der Waals surface area contributed by atoms with Gasteiger partial charge in [-0.15, -0.1) is 0 Å². The predicted molar refractivity (Wildman–Crippen MR) is 76.2 cm³/mol. The fourth-order valence-corrected chi connectivity index (χ4v) is 0.867. The van der Waals surface area contributed by atoms with Crippen molar-refractivity contribution in [3.8, 4) is 5.75 Å². The smallest absolute Gasteiger partial charge is 0.229 e. The molecule has 2 N–H and O–H groups in total. The maximum absolute atomic E-state index is 10.7. The highest BCUT2D eigenvalue weighted by Crippen LogP contribution is 2.08. The molecule has 0 radical (unpaired) electrons. The fraction of sp³-hybridized carbons (Fsp3) is 0.615. The number of nitrogens with one attached hydrogen (secondary N) is 1. The molecule has 0 aromatic carbocycles. The van der Waals surface area contributed by atoms with E-state index < -0.39 is 0 Å². The largest absolute Gasteiger partial charge is 0.490 e. The molecule has 1 aromatic rings. The Hall–Kier alpha value is -1.69. The van der Waals surface area contributed by atoms with E-state index in [2.05, 4.69) is 15.3 Å². The summed E-state index contributed by atoms with van der Waals surface area (Å²) in [5.41, 5.74) is 0. The highest BCUT2D eigenvalue weighted by molar-refractivity contribution is 5.86. The van der Waals surface area contributed by atoms with Gasteiger partial charge in [-0.25, -0.2) is 9.97 Å². The lowest BCUT2D eigenvalue weighted by Crippen LogP contribution is -2.09. The summed E-state index contributed by atoms with van der Waals surface area (Å²) in [6, 6.07) is 0. The second-order valence-corrected chi connectivity index (χ2v) is 2.85. The van der Waals surface area contributed by atoms with Crippen molar-refractivity contribution in [2.75, 3.05) is 18.5 Å². The van der Waals surface area contributed by atoms with Crippen LogP contribution >= 0.6 is 0 Å². The number of carbonyl (C=O) groups is 1. The molecule has 1 amide bonds. The van der Waals surface area contributed by atoms with E-state index in [1.807, 2.05) is 27.7 Å². The number of anilines is 1. The minimum atomic E-state index is -0.219. The van der Waals surface area contributed by atoms with E-state index in [1.165, 1.54) is 19.3 Å². The zero-order valence-corrected chi connectivity index (χ0v) is 12.4. The van der Waals surface area contributed by atoms with Crippen LogP contribution in [0.4, 0.5) is 5.95 Å². The first-order valence-corrected chi connectivity index (χ1v) is 6.55. The molecule has 0 atom stereocenters. The number of hydrogen-bond donors (Lipinski definition) is 2. The van der Waals surface area contributed by atoms with Crippen molar-refractivity contribution in [1.29, 1.82) is 0 Å². The van der Waals surface area contributed by atoms with Crippen molar-refractivity contribution in [1.82, 2.24) is 9.97 Å². The Kier molecular flexibility index (Phi) is 14.9. The van der Waals surface area contributed by atoms with Crippen molar-refractivity contribution in [3.63, 3.8) is 0 Å². The van der Waals surface area contributed by atoms with E-state index in [9.17, 15) is 4.79 Å². The molecule has 0 aliphatic rings. The van der Waals surface area contributed by atoms with Crippen molar-refractivity contribution in [2.45, 2.75) is 41.0 Å². The molecular formula is C13H25N3O3. The molecule has 1 heterocycles. The third-order valence-electron chi connectivity index (χ3n) is 1.49. The number of aromatic nitrogens is 2. The maximum Gasteiger partial charge on any atom is 0.229 e. The number of aliphatic hydroxyl groups excluding tert-OH is 1. The number of aliphatic hydroxyl groups is 1. The third-order valence-corrected chi connectivity index (χ3v) is 1.49. The van der Waals surface area contributed by atoms with Gasteiger partial charge in [0.2, 0.25) is 11.9 Å². The van der Waals surface area contributed by atoms with Crippen LogP contribution in [0.1, 0.15) is 41.0 Å². The number of rotatable bonds is 5. The van der Waals surface area contributed by atoms with Gasteiger partial charge in [0.15, 0.2) is 5.75 Å². The second-order valence-electron chi connectivity index (χ2n) is 2.85. The SMILES string of the molecule is CC.CC.CC(=O)Nc1ncc(OCCCO)cn1. The summed E-state index contributed by atoms with van der Waals surface area (Å²) in [6.45, 7) is 9.89. The van der Waals surface area contributed by atoms with Crippen LogP contribution in [0.3, 0.4) is 0 Å². The van der Waals surface area contributed by atoms with Crippen LogP contribution in [-0.2, 0) is 4.79 Å². The molecule has 19 heavy (non-hydrogen) atoms. The summed E-state index contributed by atoms with van der Waals surface area (Å²) in [5, 5.41) is 11.0. The van der Waals surface area contributed by atoms with Gasteiger partial charge in [-0.3, -0.25) is 10.1 Å². The molecule has 0 fully saturated rings. The van der Waals surface area contributed by atoms with Crippen LogP contribution in [0.2, 0.25) is 0 Å². The molecule has 110 valence electrons. The number of amides is 1. The summed E-state index contributed by atoms with van der Waals surface area (Å²) in [6.07, 6.45) is 3.50. The van der Waals surface area contributed by atoms with Crippen LogP contribution in [0.15, 0.2) is 12.4 Å². The number of hydrogen-bond acceptors (Lipinski definition) is 5. The van der Waals surface area contributed by atoms with Crippen molar-refractivity contribution < 1.29 is 14.6 Å². The first-order valence-electron chi connectivity index (χ1n) is 6.55. The highest BCUT2D eigenvalue weighted by atomic mass is 16.5. The van der Waals surface area contributed by atoms with Crippen molar-refractivity contribution in [3.05, 3.63) is 12.4 Å². The summed E-state index contributed by atoms with van der Waals surface area (Å²) in [4.78, 5) is 18.4. The van der Waals surface area contributed by atoms with Crippen molar-refractivity contribution >= 4 is 11.9 Å². The lowest BCUT2D eigenvalue weighted by molar-refractivity contribution is -0.114. The van der Waals surface area contributed by atoms with Crippen LogP contribution < -0.4 is 10.1 Å². The van der Waals surface area contributed by atoms with Gasteiger partial charge in [0, 0.05) is 20.0 Å². The summed E-state index contributed by atoms with van der Waals surface area (Å²) in [7, 11) is 0. The molecule has 0 saturated carbocycles. The molecule has 6 nitrogen and oxygen atoms in total. The van der Waals surface area contributed by atoms with Gasteiger partial charge in [-0.05, 0) is 0 Å². The minimum Gasteiger partial charge on any atom is -0.490 e. The summed E-state index contributed by atoms with van der Waals surface area (Å²) < 4.78 is 5.21. The molecule has 6 heteroatoms. The quantitative estimate of drug-likeness (QED) is 0.802. The maximum atomic E-state index is 10.7. The molecule has 0 bridgehead atoms. The summed E-state index contributed by atoms with van der Waals surface area (Å²) >= 11 is 0. The van der Waals surface area contributed by atoms with E-state index in [-0.39, 0.29) is 18.5 Å². The zero-order valence-electron chi connectivity index (χ0n) is 12.4. The standard InChI is InChI=1S/C9H13N3O3.2C2H6/c1-7(14)12-9-10-5-8(6-11-9)15-4-2-3-13;2*1-2/h5-6,13H,2-4H2,1H3,(H,10,11,12,14);2*1-2H3. The van der Waals surface area contributed by atoms with Gasteiger partial charge < -0.3 is 9.84 Å². The average Bonchev–Trinajstić information content (AvgIpc) is 2.45. The lowest BCUT2D eigenvalue weighted by atomic mass is 10.5. The number of ether oxygens (including phenoxy) is 1. The van der Waals surface area contributed by atoms with E-state index in [0.29, 0.717) is 18.8 Å². The molecule has 0 saturated heterocycles. The number of nitrogens with zero attached hydrogens (tertiary/aromatic N) is 2. The van der Waals surface area contributed by atoms with Gasteiger partial charge in [-0.1, -0.05) is 27.7 Å². The highest BCUT2D eigenvalue weighted by Gasteiger charge is 1.99. The average molecular weight is 271 g/mol. The molecule has 0 unspecified atom stereocenters. The molecule has 0 aliphatic heterocycles. The van der Waals surface area contributed by atoms with E-state index >= 15 is 0 Å². The van der Waals surface area contributed by atoms with Crippen LogP contribution in [0.25, 0.3) is 0 Å². The molecule has 0 spiro atoms. The molecule has 0 aliphatic carbocycles. The van der Waals surface area contributed by atoms with Crippen molar-refractivity contribution in [2.24, 2.45) is 0 Å². The van der Waals surface area contributed by atoms with Gasteiger partial charge in [-0.2, -0.15) is 0 Å². The first kappa shape index (κ1) is 19.6. The summed E-state index contributed by atoms with van der Waals surface area (Å²) in [5.74, 6) is 0.540. The fourth-order valence-electron chi connectivity index (χ4n) is 0.867. The normalized spacial score (nSPS) is 8.32. The Balaban J connectivity index is 0. The van der Waals surface area contributed by atoms with Gasteiger partial charge in [0.05, 0.1) is 19.0 Å². The van der Waals surface area contributed by atoms with Gasteiger partial charge >= 0.3 is 0 Å². The third kappa shape index (κ3) is 11.1. The van der Waals surface area contributed by atoms with Gasteiger partial charge in [0.1, 0.15) is 0 Å². The zero-order chi connectivity index (χ0) is 15.1. The predicted octanol–water partition coefficient (Wildman–Crippen LogP) is 2.25. The van der Waals surface area contributed by atoms with Crippen LogP contribution in [-0.4, -0.2) is 34.2 Å². The van der Waals surface area contributed by atoms with E-state index in [0.717, 1.165) is 0 Å². The second kappa shape index (κ2) is 14.4. The Morgan fingerprint density at radius 2 is 1.79 bits per heavy atom. The molecular weight excluding hydrogens is 246 g/mol. The number of carbonyl (C=O) groups excluding carboxylic acids is 1. The Bertz CT molecular complexity index is 315. The topological polar surface area (TPSA) is 84.3 Å².